The van der Waals surface area contributed by atoms with Crippen LogP contribution in [-0.2, 0) is 6.42 Å². The zero-order valence-corrected chi connectivity index (χ0v) is 7.72. The van der Waals surface area contributed by atoms with Crippen LogP contribution < -0.4 is 0 Å². The molecular formula is C12H11NO. The highest BCUT2D eigenvalue weighted by Gasteiger charge is 2.01. The van der Waals surface area contributed by atoms with Crippen molar-refractivity contribution in [1.82, 2.24) is 4.98 Å². The summed E-state index contributed by atoms with van der Waals surface area (Å²) >= 11 is 0. The van der Waals surface area contributed by atoms with Crippen LogP contribution in [0, 0.1) is 0 Å². The number of pyridine rings is 1. The van der Waals surface area contributed by atoms with Gasteiger partial charge in [-0.05, 0) is 17.7 Å². The summed E-state index contributed by atoms with van der Waals surface area (Å²) in [6.45, 7) is 0. The zero-order chi connectivity index (χ0) is 9.80. The highest BCUT2D eigenvalue weighted by atomic mass is 16.3. The third kappa shape index (κ3) is 1.91. The van der Waals surface area contributed by atoms with Crippen LogP contribution in [0.5, 0.6) is 5.75 Å². The van der Waals surface area contributed by atoms with Gasteiger partial charge in [0.2, 0.25) is 0 Å². The SMILES string of the molecule is Oc1cccnc1Cc1ccccc1. The Hall–Kier alpha value is -1.83. The second kappa shape index (κ2) is 3.92. The van der Waals surface area contributed by atoms with Crippen molar-refractivity contribution in [1.29, 1.82) is 0 Å². The Morgan fingerprint density at radius 1 is 1.00 bits per heavy atom. The minimum atomic E-state index is 0.261. The van der Waals surface area contributed by atoms with E-state index in [4.69, 9.17) is 0 Å². The first-order valence-electron chi connectivity index (χ1n) is 4.53. The maximum absolute atomic E-state index is 9.51. The predicted octanol–water partition coefficient (Wildman–Crippen LogP) is 2.38. The Labute approximate surface area is 82.9 Å². The summed E-state index contributed by atoms with van der Waals surface area (Å²) in [5.74, 6) is 0.261. The van der Waals surface area contributed by atoms with Crippen LogP contribution in [0.4, 0.5) is 0 Å². The third-order valence-corrected chi connectivity index (χ3v) is 2.08. The van der Waals surface area contributed by atoms with Crippen molar-refractivity contribution >= 4 is 0 Å². The molecule has 0 saturated heterocycles. The number of nitrogens with zero attached hydrogens (tertiary/aromatic N) is 1. The number of aromatic nitrogens is 1. The molecule has 0 radical (unpaired) electrons. The van der Waals surface area contributed by atoms with E-state index in [1.165, 1.54) is 0 Å². The van der Waals surface area contributed by atoms with E-state index in [0.717, 1.165) is 11.3 Å². The molecule has 1 aromatic heterocycles. The molecule has 1 heterocycles. The molecule has 1 N–H and O–H groups in total. The Morgan fingerprint density at radius 2 is 1.79 bits per heavy atom. The number of aromatic hydroxyl groups is 1. The van der Waals surface area contributed by atoms with Gasteiger partial charge in [0.25, 0.3) is 0 Å². The van der Waals surface area contributed by atoms with Gasteiger partial charge in [-0.15, -0.1) is 0 Å². The minimum Gasteiger partial charge on any atom is -0.506 e. The molecule has 0 fully saturated rings. The fourth-order valence-electron chi connectivity index (χ4n) is 1.35. The van der Waals surface area contributed by atoms with Crippen LogP contribution in [0.3, 0.4) is 0 Å². The summed E-state index contributed by atoms with van der Waals surface area (Å²) in [6, 6.07) is 13.4. The lowest BCUT2D eigenvalue weighted by Gasteiger charge is -2.02. The standard InChI is InChI=1S/C12H11NO/c14-12-7-4-8-13-11(12)9-10-5-2-1-3-6-10/h1-8,14H,9H2. The van der Waals surface area contributed by atoms with Crippen LogP contribution in [-0.4, -0.2) is 10.1 Å². The average molecular weight is 185 g/mol. The molecule has 0 amide bonds. The molecule has 2 rings (SSSR count). The Kier molecular flexibility index (Phi) is 2.45. The lowest BCUT2D eigenvalue weighted by atomic mass is 10.1. The first-order chi connectivity index (χ1) is 6.86. The summed E-state index contributed by atoms with van der Waals surface area (Å²) in [5, 5.41) is 9.51. The van der Waals surface area contributed by atoms with Gasteiger partial charge in [0.1, 0.15) is 5.75 Å². The summed E-state index contributed by atoms with van der Waals surface area (Å²) < 4.78 is 0. The Morgan fingerprint density at radius 3 is 2.50 bits per heavy atom. The molecule has 1 aromatic carbocycles. The molecule has 0 spiro atoms. The van der Waals surface area contributed by atoms with Gasteiger partial charge in [0.15, 0.2) is 0 Å². The van der Waals surface area contributed by atoms with Gasteiger partial charge < -0.3 is 5.11 Å². The van der Waals surface area contributed by atoms with Gasteiger partial charge >= 0.3 is 0 Å². The smallest absolute Gasteiger partial charge is 0.137 e. The summed E-state index contributed by atoms with van der Waals surface area (Å²) in [6.07, 6.45) is 2.37. The van der Waals surface area contributed by atoms with E-state index >= 15 is 0 Å². The monoisotopic (exact) mass is 185 g/mol. The molecule has 0 aliphatic heterocycles. The van der Waals surface area contributed by atoms with Gasteiger partial charge in [-0.2, -0.15) is 0 Å². The number of rotatable bonds is 2. The van der Waals surface area contributed by atoms with Gasteiger partial charge in [-0.1, -0.05) is 30.3 Å². The normalized spacial score (nSPS) is 10.0. The summed E-state index contributed by atoms with van der Waals surface area (Å²) in [4.78, 5) is 4.12. The largest absolute Gasteiger partial charge is 0.506 e. The number of hydrogen-bond donors (Lipinski definition) is 1. The highest BCUT2D eigenvalue weighted by molar-refractivity contribution is 5.30. The summed E-state index contributed by atoms with van der Waals surface area (Å²) in [5.41, 5.74) is 1.88. The molecule has 0 aliphatic rings. The second-order valence-corrected chi connectivity index (χ2v) is 3.13. The minimum absolute atomic E-state index is 0.261. The van der Waals surface area contributed by atoms with E-state index in [-0.39, 0.29) is 5.75 Å². The quantitative estimate of drug-likeness (QED) is 0.779. The maximum atomic E-state index is 9.51. The zero-order valence-electron chi connectivity index (χ0n) is 7.72. The van der Waals surface area contributed by atoms with Gasteiger partial charge in [0, 0.05) is 12.6 Å². The molecule has 0 aliphatic carbocycles. The first-order valence-corrected chi connectivity index (χ1v) is 4.53. The second-order valence-electron chi connectivity index (χ2n) is 3.13. The van der Waals surface area contributed by atoms with Crippen LogP contribution in [0.1, 0.15) is 11.3 Å². The summed E-state index contributed by atoms with van der Waals surface area (Å²) in [7, 11) is 0. The first kappa shape index (κ1) is 8.75. The molecule has 14 heavy (non-hydrogen) atoms. The van der Waals surface area contributed by atoms with E-state index in [9.17, 15) is 5.11 Å². The molecule has 2 aromatic rings. The van der Waals surface area contributed by atoms with Gasteiger partial charge in [0.05, 0.1) is 5.69 Å². The molecular weight excluding hydrogens is 174 g/mol. The van der Waals surface area contributed by atoms with E-state index < -0.39 is 0 Å². The predicted molar refractivity (Wildman–Crippen MR) is 55.1 cm³/mol. The van der Waals surface area contributed by atoms with Crippen molar-refractivity contribution in [3.05, 3.63) is 59.9 Å². The molecule has 0 saturated carbocycles. The van der Waals surface area contributed by atoms with Crippen LogP contribution in [0.2, 0.25) is 0 Å². The number of benzene rings is 1. The van der Waals surface area contributed by atoms with Crippen molar-refractivity contribution in [3.8, 4) is 5.75 Å². The fourth-order valence-corrected chi connectivity index (χ4v) is 1.35. The average Bonchev–Trinajstić information content (AvgIpc) is 2.23. The molecule has 0 atom stereocenters. The van der Waals surface area contributed by atoms with Crippen LogP contribution in [0.15, 0.2) is 48.7 Å². The lowest BCUT2D eigenvalue weighted by Crippen LogP contribution is -1.91. The van der Waals surface area contributed by atoms with Gasteiger partial charge in [-0.3, -0.25) is 4.98 Å². The Balaban J connectivity index is 2.24. The molecule has 2 nitrogen and oxygen atoms in total. The van der Waals surface area contributed by atoms with E-state index in [0.29, 0.717) is 6.42 Å². The fraction of sp³-hybridized carbons (Fsp3) is 0.0833. The van der Waals surface area contributed by atoms with Gasteiger partial charge in [-0.25, -0.2) is 0 Å². The molecule has 0 bridgehead atoms. The van der Waals surface area contributed by atoms with Crippen LogP contribution in [0.25, 0.3) is 0 Å². The van der Waals surface area contributed by atoms with Crippen molar-refractivity contribution in [2.24, 2.45) is 0 Å². The molecule has 2 heteroatoms. The van der Waals surface area contributed by atoms with Crippen LogP contribution >= 0.6 is 0 Å². The Bertz CT molecular complexity index is 412. The van der Waals surface area contributed by atoms with Crippen molar-refractivity contribution in [2.45, 2.75) is 6.42 Å². The molecule has 70 valence electrons. The van der Waals surface area contributed by atoms with Crippen molar-refractivity contribution < 1.29 is 5.11 Å². The van der Waals surface area contributed by atoms with E-state index in [1.54, 1.807) is 18.3 Å². The maximum Gasteiger partial charge on any atom is 0.137 e. The molecule has 0 unspecified atom stereocenters. The van der Waals surface area contributed by atoms with Crippen molar-refractivity contribution in [3.63, 3.8) is 0 Å². The highest BCUT2D eigenvalue weighted by Crippen LogP contribution is 2.16. The van der Waals surface area contributed by atoms with Crippen molar-refractivity contribution in [2.75, 3.05) is 0 Å². The third-order valence-electron chi connectivity index (χ3n) is 2.08. The lowest BCUT2D eigenvalue weighted by molar-refractivity contribution is 0.465. The topological polar surface area (TPSA) is 33.1 Å². The van der Waals surface area contributed by atoms with E-state index in [1.807, 2.05) is 30.3 Å². The number of hydrogen-bond acceptors (Lipinski definition) is 2. The van der Waals surface area contributed by atoms with E-state index in [2.05, 4.69) is 4.98 Å².